The standard InChI is InChI=1S/C44H70N6O13/c1-33(2)36(7)57-27-30-60-40(52)46-22-16-10-9-15-21-45-39-49(25-19-13-11-17-23-47-41(53)61-31-28-58-37(8)34(3)4)43(55)50(44(56)63-39)26-20-14-12-18-24-48-42(54)62-32-29-59-38(51)35(5)6/h1,3,5,7-32H2,2,4,6H3,(H,46,52)(H,47,53)(H,48,54). The third-order valence-electron chi connectivity index (χ3n) is 8.88. The van der Waals surface area contributed by atoms with E-state index in [1.165, 1.54) is 11.5 Å². The van der Waals surface area contributed by atoms with Crippen molar-refractivity contribution in [1.29, 1.82) is 0 Å². The molecule has 0 spiro atoms. The predicted octanol–water partition coefficient (Wildman–Crippen LogP) is 5.70. The maximum Gasteiger partial charge on any atom is 0.425 e. The first kappa shape index (κ1) is 55.0. The number of hydrogen-bond acceptors (Lipinski definition) is 14. The maximum absolute atomic E-state index is 13.6. The van der Waals surface area contributed by atoms with E-state index in [1.54, 1.807) is 13.8 Å². The fourth-order valence-electron chi connectivity index (χ4n) is 5.21. The van der Waals surface area contributed by atoms with Gasteiger partial charge in [0.05, 0.1) is 0 Å². The van der Waals surface area contributed by atoms with Crippen LogP contribution in [-0.2, 0) is 46.3 Å². The van der Waals surface area contributed by atoms with Crippen LogP contribution in [0.5, 0.6) is 0 Å². The SMILES string of the molecule is C=C(C)C(=C)OCCOC(=O)NCCCCCCN=c1oc(=O)n(CCCCCCNC(=O)OCCOC(=O)C(=C)C)c(=O)n1CCCCCCNC(=O)OCCOC(=C)C(=C)C. The molecule has 3 N–H and O–H groups in total. The number of hydrogen-bond donors (Lipinski definition) is 3. The Labute approximate surface area is 370 Å². The monoisotopic (exact) mass is 891 g/mol. The van der Waals surface area contributed by atoms with Crippen LogP contribution in [0, 0.1) is 0 Å². The maximum atomic E-state index is 13.6. The summed E-state index contributed by atoms with van der Waals surface area (Å²) < 4.78 is 38.7. The highest BCUT2D eigenvalue weighted by Gasteiger charge is 2.12. The molecule has 0 bridgehead atoms. The number of rotatable bonds is 35. The van der Waals surface area contributed by atoms with Gasteiger partial charge in [0.15, 0.2) is 0 Å². The summed E-state index contributed by atoms with van der Waals surface area (Å²) in [6, 6.07) is 0. The average Bonchev–Trinajstić information content (AvgIpc) is 3.24. The third kappa shape index (κ3) is 26.8. The van der Waals surface area contributed by atoms with Crippen molar-refractivity contribution in [3.05, 3.63) is 87.9 Å². The molecule has 0 saturated carbocycles. The van der Waals surface area contributed by atoms with E-state index in [0.717, 1.165) is 43.1 Å². The van der Waals surface area contributed by atoms with E-state index in [1.807, 2.05) is 0 Å². The molecule has 1 heterocycles. The van der Waals surface area contributed by atoms with Gasteiger partial charge in [0.25, 0.3) is 0 Å². The number of esters is 1. The van der Waals surface area contributed by atoms with Crippen molar-refractivity contribution in [2.24, 2.45) is 4.99 Å². The zero-order valence-electron chi connectivity index (χ0n) is 37.7. The zero-order chi connectivity index (χ0) is 46.8. The van der Waals surface area contributed by atoms with Crippen LogP contribution in [0.3, 0.4) is 0 Å². The molecule has 0 atom stereocenters. The number of alkyl carbamates (subject to hydrolysis) is 3. The Morgan fingerprint density at radius 2 is 0.889 bits per heavy atom. The zero-order valence-corrected chi connectivity index (χ0v) is 37.7. The Kier molecular flexibility index (Phi) is 29.3. The minimum atomic E-state index is -0.788. The summed E-state index contributed by atoms with van der Waals surface area (Å²) in [5.41, 5.74) is 1.11. The van der Waals surface area contributed by atoms with Crippen LogP contribution in [0.1, 0.15) is 97.8 Å². The summed E-state index contributed by atoms with van der Waals surface area (Å²) in [5.74, 6) is -0.455. The summed E-state index contributed by atoms with van der Waals surface area (Å²) in [6.07, 6.45) is 6.67. The third-order valence-corrected chi connectivity index (χ3v) is 8.88. The van der Waals surface area contributed by atoms with E-state index in [0.29, 0.717) is 87.4 Å². The molecule has 0 saturated heterocycles. The van der Waals surface area contributed by atoms with Crippen LogP contribution in [-0.4, -0.2) is 99.2 Å². The van der Waals surface area contributed by atoms with Gasteiger partial charge >= 0.3 is 41.4 Å². The van der Waals surface area contributed by atoms with Crippen molar-refractivity contribution in [3.63, 3.8) is 0 Å². The Morgan fingerprint density at radius 1 is 0.508 bits per heavy atom. The van der Waals surface area contributed by atoms with Crippen molar-refractivity contribution in [2.45, 2.75) is 111 Å². The number of allylic oxidation sites excluding steroid dienone is 2. The van der Waals surface area contributed by atoms with Gasteiger partial charge in [-0.1, -0.05) is 71.4 Å². The Balaban J connectivity index is 2.63. The Hall–Kier alpha value is -6.01. The molecule has 0 aliphatic rings. The van der Waals surface area contributed by atoms with Crippen LogP contribution < -0.4 is 33.1 Å². The minimum Gasteiger partial charge on any atom is -0.490 e. The lowest BCUT2D eigenvalue weighted by Gasteiger charge is -2.11. The second-order valence-electron chi connectivity index (χ2n) is 14.6. The van der Waals surface area contributed by atoms with Gasteiger partial charge in [0, 0.05) is 44.8 Å². The first-order valence-corrected chi connectivity index (χ1v) is 21.5. The highest BCUT2D eigenvalue weighted by atomic mass is 16.6. The van der Waals surface area contributed by atoms with Crippen LogP contribution in [0.4, 0.5) is 14.4 Å². The van der Waals surface area contributed by atoms with Crippen molar-refractivity contribution in [1.82, 2.24) is 25.1 Å². The van der Waals surface area contributed by atoms with Crippen molar-refractivity contribution in [2.75, 3.05) is 65.8 Å². The van der Waals surface area contributed by atoms with E-state index in [9.17, 15) is 28.8 Å². The molecule has 0 fully saturated rings. The van der Waals surface area contributed by atoms with Gasteiger partial charge < -0.3 is 48.8 Å². The van der Waals surface area contributed by atoms with Gasteiger partial charge in [-0.3, -0.25) is 0 Å². The van der Waals surface area contributed by atoms with Gasteiger partial charge in [-0.15, -0.1) is 0 Å². The van der Waals surface area contributed by atoms with Gasteiger partial charge in [0.1, 0.15) is 51.2 Å². The summed E-state index contributed by atoms with van der Waals surface area (Å²) in [4.78, 5) is 78.2. The average molecular weight is 891 g/mol. The van der Waals surface area contributed by atoms with Crippen LogP contribution in [0.25, 0.3) is 0 Å². The fourth-order valence-corrected chi connectivity index (χ4v) is 5.21. The molecule has 1 aromatic heterocycles. The molecule has 0 radical (unpaired) electrons. The highest BCUT2D eigenvalue weighted by molar-refractivity contribution is 5.86. The number of unbranched alkanes of at least 4 members (excludes halogenated alkanes) is 9. The molecule has 19 nitrogen and oxygen atoms in total. The van der Waals surface area contributed by atoms with Crippen molar-refractivity contribution < 1.29 is 52.0 Å². The van der Waals surface area contributed by atoms with E-state index in [2.05, 4.69) is 53.8 Å². The lowest BCUT2D eigenvalue weighted by molar-refractivity contribution is -0.139. The topological polar surface area (TPSA) is 229 Å². The predicted molar refractivity (Wildman–Crippen MR) is 237 cm³/mol. The first-order valence-electron chi connectivity index (χ1n) is 21.5. The molecule has 0 aromatic carbocycles. The normalized spacial score (nSPS) is 10.9. The highest BCUT2D eigenvalue weighted by Crippen LogP contribution is 2.06. The van der Waals surface area contributed by atoms with E-state index >= 15 is 0 Å². The van der Waals surface area contributed by atoms with Gasteiger partial charge in [-0.25, -0.2) is 42.9 Å². The first-order chi connectivity index (χ1) is 30.1. The van der Waals surface area contributed by atoms with E-state index < -0.39 is 35.7 Å². The van der Waals surface area contributed by atoms with Crippen molar-refractivity contribution in [3.8, 4) is 0 Å². The molecule has 63 heavy (non-hydrogen) atoms. The van der Waals surface area contributed by atoms with E-state index in [4.69, 9.17) is 32.8 Å². The number of nitrogens with one attached hydrogen (secondary N) is 3. The second kappa shape index (κ2) is 33.6. The molecule has 354 valence electrons. The minimum absolute atomic E-state index is 0.0337. The summed E-state index contributed by atoms with van der Waals surface area (Å²) >= 11 is 0. The smallest absolute Gasteiger partial charge is 0.425 e. The molecule has 0 aliphatic heterocycles. The van der Waals surface area contributed by atoms with Gasteiger partial charge in [-0.05, 0) is 70.4 Å². The number of aromatic nitrogens is 2. The number of carbonyl (C=O) groups is 4. The van der Waals surface area contributed by atoms with Crippen LogP contribution >= 0.6 is 0 Å². The summed E-state index contributed by atoms with van der Waals surface area (Å²) in [7, 11) is 0. The number of ether oxygens (including phenoxy) is 6. The number of nitrogens with zero attached hydrogens (tertiary/aromatic N) is 3. The fraction of sp³-hybridized carbons (Fsp3) is 0.614. The molecule has 19 heteroatoms. The molecule has 1 rings (SSSR count). The number of amides is 3. The van der Waals surface area contributed by atoms with Gasteiger partial charge in [0.2, 0.25) is 0 Å². The Morgan fingerprint density at radius 3 is 1.32 bits per heavy atom. The molecule has 1 aromatic rings. The summed E-state index contributed by atoms with van der Waals surface area (Å²) in [6.45, 7) is 25.8. The number of carbonyl (C=O) groups excluding carboxylic acids is 4. The lowest BCUT2D eigenvalue weighted by atomic mass is 10.2. The molecule has 0 aliphatic carbocycles. The van der Waals surface area contributed by atoms with E-state index in [-0.39, 0.29) is 64.0 Å². The lowest BCUT2D eigenvalue weighted by Crippen LogP contribution is -2.47. The van der Waals surface area contributed by atoms with Crippen molar-refractivity contribution >= 4 is 24.2 Å². The largest absolute Gasteiger partial charge is 0.490 e. The second-order valence-corrected chi connectivity index (χ2v) is 14.6. The molecular formula is C44H70N6O13. The molecule has 3 amide bonds. The Bertz CT molecular complexity index is 1850. The quantitative estimate of drug-likeness (QED) is 0.0186. The van der Waals surface area contributed by atoms with Gasteiger partial charge in [-0.2, -0.15) is 0 Å². The molecule has 0 unspecified atom stereocenters. The molecular weight excluding hydrogens is 821 g/mol. The van der Waals surface area contributed by atoms with Crippen LogP contribution in [0.2, 0.25) is 0 Å². The van der Waals surface area contributed by atoms with Crippen LogP contribution in [0.15, 0.2) is 80.1 Å². The summed E-state index contributed by atoms with van der Waals surface area (Å²) in [5, 5.41) is 8.03.